The molecule has 2 aromatic heterocycles. The number of carbonyl (C=O) groups excluding carboxylic acids is 1. The third-order valence-electron chi connectivity index (χ3n) is 4.85. The molecular weight excluding hydrogens is 477 g/mol. The minimum atomic E-state index is -4.57. The lowest BCUT2D eigenvalue weighted by molar-refractivity contribution is -0.137. The van der Waals surface area contributed by atoms with Gasteiger partial charge in [-0.25, -0.2) is 4.98 Å². The number of H-pyrrole nitrogens is 1. The number of fused-ring (bicyclic) bond motifs is 1. The van der Waals surface area contributed by atoms with Gasteiger partial charge in [-0.2, -0.15) is 13.2 Å². The number of hydrogen-bond acceptors (Lipinski definition) is 4. The van der Waals surface area contributed by atoms with Gasteiger partial charge in [0.2, 0.25) is 5.91 Å². The largest absolute Gasteiger partial charge is 0.416 e. The van der Waals surface area contributed by atoms with E-state index >= 15 is 0 Å². The van der Waals surface area contributed by atoms with Crippen LogP contribution in [0.4, 0.5) is 18.9 Å². The topological polar surface area (TPSA) is 79.8 Å². The van der Waals surface area contributed by atoms with Crippen LogP contribution in [0.3, 0.4) is 0 Å². The molecule has 2 heterocycles. The van der Waals surface area contributed by atoms with Crippen LogP contribution in [0.25, 0.3) is 22.2 Å². The fourth-order valence-corrected chi connectivity index (χ4v) is 4.13. The van der Waals surface area contributed by atoms with E-state index in [2.05, 4.69) is 15.3 Å². The van der Waals surface area contributed by atoms with E-state index in [-0.39, 0.29) is 27.2 Å². The van der Waals surface area contributed by atoms with Crippen LogP contribution in [-0.4, -0.2) is 26.2 Å². The van der Waals surface area contributed by atoms with Crippen molar-refractivity contribution in [1.29, 1.82) is 0 Å². The first-order valence-electron chi connectivity index (χ1n) is 9.58. The predicted molar refractivity (Wildman–Crippen MR) is 123 cm³/mol. The van der Waals surface area contributed by atoms with Crippen molar-refractivity contribution in [2.45, 2.75) is 11.3 Å². The maximum absolute atomic E-state index is 12.9. The average molecular weight is 493 g/mol. The Morgan fingerprint density at radius 2 is 1.94 bits per heavy atom. The molecular formula is C22H16ClF3N4O2S. The Balaban J connectivity index is 1.57. The fraction of sp³-hybridized carbons (Fsp3) is 0.136. The Kier molecular flexibility index (Phi) is 6.22. The van der Waals surface area contributed by atoms with Gasteiger partial charge in [0.15, 0.2) is 5.16 Å². The van der Waals surface area contributed by atoms with Crippen molar-refractivity contribution >= 4 is 46.0 Å². The molecule has 33 heavy (non-hydrogen) atoms. The molecule has 0 unspecified atom stereocenters. The van der Waals surface area contributed by atoms with Gasteiger partial charge in [-0.15, -0.1) is 0 Å². The number of thioether (sulfide) groups is 1. The van der Waals surface area contributed by atoms with Gasteiger partial charge < -0.3 is 10.3 Å². The van der Waals surface area contributed by atoms with E-state index in [1.54, 1.807) is 6.20 Å². The zero-order chi connectivity index (χ0) is 23.8. The summed E-state index contributed by atoms with van der Waals surface area (Å²) < 4.78 is 40.1. The molecule has 1 amide bonds. The lowest BCUT2D eigenvalue weighted by Crippen LogP contribution is -2.21. The summed E-state index contributed by atoms with van der Waals surface area (Å²) in [7, 11) is 1.53. The summed E-state index contributed by atoms with van der Waals surface area (Å²) in [6, 6.07) is 12.1. The molecule has 0 fully saturated rings. The highest BCUT2D eigenvalue weighted by molar-refractivity contribution is 7.99. The third kappa shape index (κ3) is 4.76. The highest BCUT2D eigenvalue weighted by Gasteiger charge is 2.31. The van der Waals surface area contributed by atoms with Crippen molar-refractivity contribution in [3.05, 3.63) is 75.7 Å². The Labute approximate surface area is 194 Å². The molecule has 0 atom stereocenters. The van der Waals surface area contributed by atoms with Gasteiger partial charge in [0, 0.05) is 18.8 Å². The van der Waals surface area contributed by atoms with Gasteiger partial charge in [-0.05, 0) is 23.8 Å². The van der Waals surface area contributed by atoms with Crippen molar-refractivity contribution in [3.8, 4) is 11.1 Å². The molecule has 0 aliphatic carbocycles. The second-order valence-electron chi connectivity index (χ2n) is 7.08. The molecule has 170 valence electrons. The summed E-state index contributed by atoms with van der Waals surface area (Å²) in [5.41, 5.74) is 1.03. The molecule has 2 aromatic carbocycles. The van der Waals surface area contributed by atoms with Crippen molar-refractivity contribution < 1.29 is 18.0 Å². The summed E-state index contributed by atoms with van der Waals surface area (Å²) >= 11 is 6.92. The zero-order valence-electron chi connectivity index (χ0n) is 17.0. The summed E-state index contributed by atoms with van der Waals surface area (Å²) in [6.45, 7) is 0. The van der Waals surface area contributed by atoms with Gasteiger partial charge in [0.05, 0.1) is 22.0 Å². The number of aromatic nitrogens is 3. The average Bonchev–Trinajstić information content (AvgIpc) is 3.20. The molecule has 0 radical (unpaired) electrons. The maximum Gasteiger partial charge on any atom is 0.416 e. The lowest BCUT2D eigenvalue weighted by atomic mass is 10.1. The van der Waals surface area contributed by atoms with Gasteiger partial charge in [0.1, 0.15) is 11.0 Å². The first kappa shape index (κ1) is 22.9. The van der Waals surface area contributed by atoms with Crippen molar-refractivity contribution in [2.24, 2.45) is 7.05 Å². The number of anilines is 1. The molecule has 11 heteroatoms. The fourth-order valence-electron chi connectivity index (χ4n) is 3.20. The van der Waals surface area contributed by atoms with E-state index in [0.717, 1.165) is 41.1 Å². The third-order valence-corrected chi connectivity index (χ3v) is 6.21. The Morgan fingerprint density at radius 1 is 1.21 bits per heavy atom. The second-order valence-corrected chi connectivity index (χ2v) is 8.43. The highest BCUT2D eigenvalue weighted by atomic mass is 35.5. The number of nitrogens with zero attached hydrogens (tertiary/aromatic N) is 2. The molecule has 4 rings (SSSR count). The standard InChI is InChI=1S/C22H16ClF3N4O2S/c1-30-20(32)19-18(14(10-27-19)12-5-3-2-4-6-12)29-21(30)33-11-17(31)28-16-9-13(22(24,25)26)7-8-15(16)23/h2-10,27H,11H2,1H3,(H,28,31). The molecule has 0 aliphatic heterocycles. The molecule has 0 saturated carbocycles. The molecule has 0 aliphatic rings. The molecule has 0 saturated heterocycles. The smallest absolute Gasteiger partial charge is 0.355 e. The van der Waals surface area contributed by atoms with Crippen molar-refractivity contribution in [2.75, 3.05) is 11.1 Å². The van der Waals surface area contributed by atoms with E-state index < -0.39 is 17.6 Å². The first-order valence-corrected chi connectivity index (χ1v) is 10.9. The Morgan fingerprint density at radius 3 is 2.64 bits per heavy atom. The van der Waals surface area contributed by atoms with E-state index in [1.165, 1.54) is 11.6 Å². The van der Waals surface area contributed by atoms with Gasteiger partial charge >= 0.3 is 6.18 Å². The highest BCUT2D eigenvalue weighted by Crippen LogP contribution is 2.34. The zero-order valence-corrected chi connectivity index (χ0v) is 18.6. The van der Waals surface area contributed by atoms with E-state index in [9.17, 15) is 22.8 Å². The van der Waals surface area contributed by atoms with Gasteiger partial charge in [-0.1, -0.05) is 53.7 Å². The van der Waals surface area contributed by atoms with Crippen LogP contribution in [-0.2, 0) is 18.0 Å². The second kappa shape index (κ2) is 8.95. The number of hydrogen-bond donors (Lipinski definition) is 2. The van der Waals surface area contributed by atoms with Crippen LogP contribution < -0.4 is 10.9 Å². The molecule has 4 aromatic rings. The number of nitrogens with one attached hydrogen (secondary N) is 2. The number of rotatable bonds is 5. The molecule has 2 N–H and O–H groups in total. The summed E-state index contributed by atoms with van der Waals surface area (Å²) in [5.74, 6) is -0.781. The van der Waals surface area contributed by atoms with E-state index in [1.807, 2.05) is 30.3 Å². The summed E-state index contributed by atoms with van der Waals surface area (Å²) in [4.78, 5) is 32.7. The quantitative estimate of drug-likeness (QED) is 0.291. The molecule has 0 bridgehead atoms. The minimum Gasteiger partial charge on any atom is -0.355 e. The van der Waals surface area contributed by atoms with Crippen molar-refractivity contribution in [3.63, 3.8) is 0 Å². The van der Waals surface area contributed by atoms with E-state index in [0.29, 0.717) is 11.0 Å². The van der Waals surface area contributed by atoms with Gasteiger partial charge in [0.25, 0.3) is 5.56 Å². The van der Waals surface area contributed by atoms with Crippen LogP contribution in [0.1, 0.15) is 5.56 Å². The number of halogens is 4. The maximum atomic E-state index is 12.9. The van der Waals surface area contributed by atoms with Crippen LogP contribution in [0.15, 0.2) is 64.7 Å². The number of alkyl halides is 3. The molecule has 6 nitrogen and oxygen atoms in total. The normalized spacial score (nSPS) is 11.7. The monoisotopic (exact) mass is 492 g/mol. The van der Waals surface area contributed by atoms with Crippen LogP contribution in [0.5, 0.6) is 0 Å². The number of benzene rings is 2. The summed E-state index contributed by atoms with van der Waals surface area (Å²) in [6.07, 6.45) is -2.87. The minimum absolute atomic E-state index is 0.0203. The van der Waals surface area contributed by atoms with Gasteiger partial charge in [-0.3, -0.25) is 14.2 Å². The summed E-state index contributed by atoms with van der Waals surface area (Å²) in [5, 5.41) is 2.65. The van der Waals surface area contributed by atoms with E-state index in [4.69, 9.17) is 11.6 Å². The van der Waals surface area contributed by atoms with Crippen molar-refractivity contribution in [1.82, 2.24) is 14.5 Å². The number of carbonyl (C=O) groups is 1. The Bertz CT molecular complexity index is 1400. The predicted octanol–water partition coefficient (Wildman–Crippen LogP) is 5.33. The number of aromatic amines is 1. The van der Waals surface area contributed by atoms with Crippen LogP contribution >= 0.6 is 23.4 Å². The molecule has 0 spiro atoms. The first-order chi connectivity index (χ1) is 15.6. The SMILES string of the molecule is Cn1c(SCC(=O)Nc2cc(C(F)(F)F)ccc2Cl)nc2c(-c3ccccc3)c[nH]c2c1=O. The Hall–Kier alpha value is -3.24. The van der Waals surface area contributed by atoms with Crippen LogP contribution in [0.2, 0.25) is 5.02 Å². The number of amides is 1. The van der Waals surface area contributed by atoms with Crippen LogP contribution in [0, 0.1) is 0 Å². The lowest BCUT2D eigenvalue weighted by Gasteiger charge is -2.12.